The quantitative estimate of drug-likeness (QED) is 0.730. The van der Waals surface area contributed by atoms with E-state index in [9.17, 15) is 4.79 Å². The number of para-hydroxylation sites is 3. The number of nitrogens with one attached hydrogen (secondary N) is 2. The van der Waals surface area contributed by atoms with Crippen LogP contribution in [0.2, 0.25) is 5.02 Å². The largest absolute Gasteiger partial charge is 0.449 e. The first-order valence-electron chi connectivity index (χ1n) is 9.19. The van der Waals surface area contributed by atoms with Gasteiger partial charge in [0.15, 0.2) is 11.3 Å². The number of anilines is 2. The summed E-state index contributed by atoms with van der Waals surface area (Å²) in [6, 6.07) is 13.5. The Bertz CT molecular complexity index is 990. The number of amides is 1. The van der Waals surface area contributed by atoms with Crippen LogP contribution in [0.3, 0.4) is 0 Å². The first-order chi connectivity index (χ1) is 13.0. The van der Waals surface area contributed by atoms with Crippen molar-refractivity contribution in [1.82, 2.24) is 0 Å². The van der Waals surface area contributed by atoms with Gasteiger partial charge in [0.1, 0.15) is 0 Å². The van der Waals surface area contributed by atoms with Gasteiger partial charge in [-0.2, -0.15) is 0 Å². The van der Waals surface area contributed by atoms with Crippen LogP contribution in [0.1, 0.15) is 16.1 Å². The molecule has 140 valence electrons. The van der Waals surface area contributed by atoms with Gasteiger partial charge >= 0.3 is 0 Å². The van der Waals surface area contributed by atoms with Crippen molar-refractivity contribution in [2.45, 2.75) is 6.92 Å². The number of aryl methyl sites for hydroxylation is 1. The Hall–Kier alpha value is -2.50. The Morgan fingerprint density at radius 2 is 1.89 bits per heavy atom. The summed E-state index contributed by atoms with van der Waals surface area (Å²) in [5.74, 6) is 0.0442. The second-order valence-electron chi connectivity index (χ2n) is 7.09. The molecule has 0 spiro atoms. The molecule has 0 saturated carbocycles. The highest BCUT2D eigenvalue weighted by Crippen LogP contribution is 2.32. The molecule has 2 aromatic carbocycles. The number of carbonyl (C=O) groups is 1. The van der Waals surface area contributed by atoms with Crippen molar-refractivity contribution in [1.29, 1.82) is 0 Å². The number of piperazine rings is 1. The molecule has 0 atom stereocenters. The van der Waals surface area contributed by atoms with Crippen LogP contribution >= 0.6 is 11.6 Å². The van der Waals surface area contributed by atoms with Crippen LogP contribution < -0.4 is 15.1 Å². The number of carbonyl (C=O) groups excluding carboxylic acids is 1. The van der Waals surface area contributed by atoms with Gasteiger partial charge in [-0.3, -0.25) is 4.79 Å². The maximum atomic E-state index is 12.9. The average molecular weight is 385 g/mol. The van der Waals surface area contributed by atoms with Crippen molar-refractivity contribution in [3.05, 3.63) is 58.8 Å². The van der Waals surface area contributed by atoms with Gasteiger partial charge < -0.3 is 19.5 Å². The Kier molecular flexibility index (Phi) is 4.81. The molecule has 1 aromatic heterocycles. The molecule has 2 N–H and O–H groups in total. The lowest BCUT2D eigenvalue weighted by atomic mass is 10.1. The third-order valence-electron chi connectivity index (χ3n) is 5.23. The lowest BCUT2D eigenvalue weighted by molar-refractivity contribution is -0.880. The van der Waals surface area contributed by atoms with Crippen molar-refractivity contribution in [3.63, 3.8) is 0 Å². The summed E-state index contributed by atoms with van der Waals surface area (Å²) in [4.78, 5) is 16.8. The zero-order chi connectivity index (χ0) is 19.0. The molecule has 1 fully saturated rings. The summed E-state index contributed by atoms with van der Waals surface area (Å²) in [6.07, 6.45) is 0. The van der Waals surface area contributed by atoms with E-state index < -0.39 is 0 Å². The van der Waals surface area contributed by atoms with E-state index in [-0.39, 0.29) is 5.91 Å². The van der Waals surface area contributed by atoms with Gasteiger partial charge in [-0.25, -0.2) is 0 Å². The maximum absolute atomic E-state index is 12.9. The molecule has 2 heterocycles. The molecular formula is C21H23ClN3O2+. The number of halogens is 1. The van der Waals surface area contributed by atoms with Crippen LogP contribution in [-0.2, 0) is 0 Å². The molecule has 6 heteroatoms. The van der Waals surface area contributed by atoms with Gasteiger partial charge in [-0.15, -0.1) is 0 Å². The predicted octanol–water partition coefficient (Wildman–Crippen LogP) is 2.98. The van der Waals surface area contributed by atoms with E-state index in [4.69, 9.17) is 16.0 Å². The molecule has 0 unspecified atom stereocenters. The molecule has 0 radical (unpaired) electrons. The number of quaternary nitrogens is 1. The fraction of sp³-hybridized carbons (Fsp3) is 0.286. The Balaban J connectivity index is 1.63. The molecule has 0 bridgehead atoms. The van der Waals surface area contributed by atoms with Gasteiger partial charge in [-0.05, 0) is 25.1 Å². The van der Waals surface area contributed by atoms with Crippen LogP contribution in [0.25, 0.3) is 11.0 Å². The molecule has 27 heavy (non-hydrogen) atoms. The zero-order valence-corrected chi connectivity index (χ0v) is 16.3. The summed E-state index contributed by atoms with van der Waals surface area (Å²) in [5, 5.41) is 4.41. The average Bonchev–Trinajstić information content (AvgIpc) is 3.01. The van der Waals surface area contributed by atoms with Crippen LogP contribution in [0.5, 0.6) is 0 Å². The first kappa shape index (κ1) is 17.9. The van der Waals surface area contributed by atoms with Gasteiger partial charge in [0.25, 0.3) is 5.91 Å². The third-order valence-corrected chi connectivity index (χ3v) is 5.53. The number of rotatable bonds is 3. The van der Waals surface area contributed by atoms with Crippen molar-refractivity contribution in [2.24, 2.45) is 0 Å². The summed E-state index contributed by atoms with van der Waals surface area (Å²) in [6.45, 7) is 6.00. The highest BCUT2D eigenvalue weighted by Gasteiger charge is 2.23. The van der Waals surface area contributed by atoms with Crippen LogP contribution in [0.4, 0.5) is 11.4 Å². The number of fused-ring (bicyclic) bond motifs is 1. The number of benzene rings is 2. The minimum atomic E-state index is -0.257. The molecule has 1 aliphatic heterocycles. The van der Waals surface area contributed by atoms with Gasteiger partial charge in [-0.1, -0.05) is 35.9 Å². The van der Waals surface area contributed by atoms with Crippen molar-refractivity contribution in [2.75, 3.05) is 43.4 Å². The van der Waals surface area contributed by atoms with E-state index in [0.717, 1.165) is 48.5 Å². The monoisotopic (exact) mass is 384 g/mol. The molecule has 1 saturated heterocycles. The number of likely N-dealkylation sites (N-methyl/N-ethyl adjacent to an activating group) is 1. The third kappa shape index (κ3) is 3.40. The van der Waals surface area contributed by atoms with E-state index in [1.54, 1.807) is 6.07 Å². The predicted molar refractivity (Wildman–Crippen MR) is 109 cm³/mol. The Morgan fingerprint density at radius 1 is 1.15 bits per heavy atom. The van der Waals surface area contributed by atoms with E-state index in [1.807, 2.05) is 37.3 Å². The Labute approximate surface area is 163 Å². The molecule has 1 aliphatic rings. The van der Waals surface area contributed by atoms with E-state index in [0.29, 0.717) is 16.4 Å². The topological polar surface area (TPSA) is 49.9 Å². The second-order valence-corrected chi connectivity index (χ2v) is 7.50. The highest BCUT2D eigenvalue weighted by molar-refractivity contribution is 6.35. The normalized spacial score (nSPS) is 15.3. The van der Waals surface area contributed by atoms with Gasteiger partial charge in [0.2, 0.25) is 0 Å². The molecule has 1 amide bonds. The smallest absolute Gasteiger partial charge is 0.291 e. The second kappa shape index (κ2) is 7.25. The fourth-order valence-corrected chi connectivity index (χ4v) is 3.80. The number of hydrogen-bond donors (Lipinski definition) is 2. The molecule has 4 rings (SSSR count). The maximum Gasteiger partial charge on any atom is 0.291 e. The standard InChI is InChI=1S/C21H22ClN3O2/c1-14-15-6-5-7-16(22)20(15)27-19(14)21(26)23-17-8-3-4-9-18(17)25-12-10-24(2)11-13-25/h3-9H,10-13H2,1-2H3,(H,23,26)/p+1. The SMILES string of the molecule is Cc1c(C(=O)Nc2ccccc2N2CC[NH+](C)CC2)oc2c(Cl)cccc12. The van der Waals surface area contributed by atoms with Crippen LogP contribution in [0, 0.1) is 6.92 Å². The van der Waals surface area contributed by atoms with Gasteiger partial charge in [0, 0.05) is 10.9 Å². The molecule has 5 nitrogen and oxygen atoms in total. The van der Waals surface area contributed by atoms with Crippen molar-refractivity contribution < 1.29 is 14.1 Å². The fourth-order valence-electron chi connectivity index (χ4n) is 3.59. The zero-order valence-electron chi connectivity index (χ0n) is 15.5. The molecule has 3 aromatic rings. The first-order valence-corrected chi connectivity index (χ1v) is 9.56. The summed E-state index contributed by atoms with van der Waals surface area (Å²) >= 11 is 6.21. The summed E-state index contributed by atoms with van der Waals surface area (Å²) < 4.78 is 5.80. The summed E-state index contributed by atoms with van der Waals surface area (Å²) in [7, 11) is 2.21. The Morgan fingerprint density at radius 3 is 2.63 bits per heavy atom. The number of nitrogens with zero attached hydrogens (tertiary/aromatic N) is 1. The highest BCUT2D eigenvalue weighted by atomic mass is 35.5. The van der Waals surface area contributed by atoms with E-state index in [2.05, 4.69) is 23.3 Å². The van der Waals surface area contributed by atoms with E-state index in [1.165, 1.54) is 4.90 Å². The van der Waals surface area contributed by atoms with E-state index >= 15 is 0 Å². The number of hydrogen-bond acceptors (Lipinski definition) is 3. The molecule has 0 aliphatic carbocycles. The minimum Gasteiger partial charge on any atom is -0.449 e. The number of furan rings is 1. The molecular weight excluding hydrogens is 362 g/mol. The van der Waals surface area contributed by atoms with Crippen molar-refractivity contribution >= 4 is 39.9 Å². The minimum absolute atomic E-state index is 0.257. The lowest BCUT2D eigenvalue weighted by Crippen LogP contribution is -3.12. The van der Waals surface area contributed by atoms with Gasteiger partial charge in [0.05, 0.1) is 49.6 Å². The van der Waals surface area contributed by atoms with Crippen LogP contribution in [-0.4, -0.2) is 39.1 Å². The summed E-state index contributed by atoms with van der Waals surface area (Å²) in [5.41, 5.74) is 3.20. The van der Waals surface area contributed by atoms with Crippen molar-refractivity contribution in [3.8, 4) is 0 Å². The lowest BCUT2D eigenvalue weighted by Gasteiger charge is -2.32. The van der Waals surface area contributed by atoms with Crippen LogP contribution in [0.15, 0.2) is 46.9 Å².